The van der Waals surface area contributed by atoms with E-state index in [1.807, 2.05) is 96.9 Å². The summed E-state index contributed by atoms with van der Waals surface area (Å²) >= 11 is 0. The van der Waals surface area contributed by atoms with Crippen LogP contribution in [0.5, 0.6) is 0 Å². The molecule has 6 nitrogen and oxygen atoms in total. The van der Waals surface area contributed by atoms with Gasteiger partial charge in [-0.15, -0.1) is 0 Å². The van der Waals surface area contributed by atoms with Crippen molar-refractivity contribution in [1.29, 1.82) is 0 Å². The summed E-state index contributed by atoms with van der Waals surface area (Å²) < 4.78 is 0. The average Bonchev–Trinajstić information content (AvgIpc) is 3.01. The summed E-state index contributed by atoms with van der Waals surface area (Å²) in [5, 5.41) is 0. The first-order chi connectivity index (χ1) is 22.0. The highest BCUT2D eigenvalue weighted by Gasteiger charge is 2.06. The fourth-order valence-corrected chi connectivity index (χ4v) is 2.86. The zero-order valence-corrected chi connectivity index (χ0v) is 35.4. The van der Waals surface area contributed by atoms with Crippen LogP contribution in [0.4, 0.5) is 0 Å². The highest BCUT2D eigenvalue weighted by Crippen LogP contribution is 2.04. The fourth-order valence-electron chi connectivity index (χ4n) is 2.86. The van der Waals surface area contributed by atoms with Crippen molar-refractivity contribution in [2.45, 2.75) is 202 Å². The summed E-state index contributed by atoms with van der Waals surface area (Å²) in [5.41, 5.74) is 0. The van der Waals surface area contributed by atoms with E-state index in [0.717, 1.165) is 70.6 Å². The third-order valence-electron chi connectivity index (χ3n) is 7.21. The number of hydrogen-bond acceptors (Lipinski definition) is 6. The molecule has 0 fully saturated rings. The number of unbranched alkanes of at least 4 members (excludes halogenated alkanes) is 3. The summed E-state index contributed by atoms with van der Waals surface area (Å²) in [5.74, 6) is 3.56. The first-order valence-corrected chi connectivity index (χ1v) is 19.2. The van der Waals surface area contributed by atoms with Crippen LogP contribution in [-0.4, -0.2) is 34.7 Å². The van der Waals surface area contributed by atoms with Crippen LogP contribution >= 0.6 is 0 Å². The molecule has 288 valence electrons. The zero-order chi connectivity index (χ0) is 39.4. The number of hydrogen-bond donors (Lipinski definition) is 0. The highest BCUT2D eigenvalue weighted by molar-refractivity contribution is 5.81. The maximum absolute atomic E-state index is 10.9. The second-order valence-electron chi connectivity index (χ2n) is 14.3. The van der Waals surface area contributed by atoms with Crippen molar-refractivity contribution < 1.29 is 28.8 Å². The first kappa shape index (κ1) is 58.2. The average molecular weight is 685 g/mol. The molecule has 0 spiro atoms. The van der Waals surface area contributed by atoms with Gasteiger partial charge in [-0.2, -0.15) is 0 Å². The molecule has 0 aromatic rings. The Hall–Kier alpha value is -1.98. The molecule has 0 aliphatic carbocycles. The van der Waals surface area contributed by atoms with Crippen molar-refractivity contribution in [2.75, 3.05) is 0 Å². The highest BCUT2D eigenvalue weighted by atomic mass is 16.1. The molecule has 0 saturated heterocycles. The summed E-state index contributed by atoms with van der Waals surface area (Å²) in [6.45, 7) is 35.1. The second-order valence-corrected chi connectivity index (χ2v) is 14.3. The number of ketones is 6. The van der Waals surface area contributed by atoms with Crippen molar-refractivity contribution >= 4 is 34.7 Å². The normalized spacial score (nSPS) is 10.0. The Morgan fingerprint density at radius 2 is 0.542 bits per heavy atom. The van der Waals surface area contributed by atoms with E-state index in [1.165, 1.54) is 0 Å². The van der Waals surface area contributed by atoms with Crippen LogP contribution in [0.3, 0.4) is 0 Å². The van der Waals surface area contributed by atoms with Crippen LogP contribution < -0.4 is 0 Å². The molecule has 0 saturated carbocycles. The molecule has 0 rings (SSSR count). The Bertz CT molecular complexity index is 731. The molecule has 48 heavy (non-hydrogen) atoms. The lowest BCUT2D eigenvalue weighted by atomic mass is 10.0. The molecule has 0 aliphatic heterocycles. The molecule has 0 atom stereocenters. The van der Waals surface area contributed by atoms with Gasteiger partial charge >= 0.3 is 0 Å². The monoisotopic (exact) mass is 685 g/mol. The van der Waals surface area contributed by atoms with Gasteiger partial charge in [0.15, 0.2) is 0 Å². The van der Waals surface area contributed by atoms with Gasteiger partial charge in [0.25, 0.3) is 0 Å². The molecule has 0 heterocycles. The van der Waals surface area contributed by atoms with Crippen molar-refractivity contribution in [3.8, 4) is 0 Å². The molecule has 0 bridgehead atoms. The van der Waals surface area contributed by atoms with Gasteiger partial charge < -0.3 is 0 Å². The molecule has 0 aromatic carbocycles. The third-order valence-corrected chi connectivity index (χ3v) is 7.21. The Kier molecular flexibility index (Phi) is 50.0. The van der Waals surface area contributed by atoms with E-state index in [0.29, 0.717) is 35.3 Å². The first-order valence-electron chi connectivity index (χ1n) is 19.2. The SMILES string of the molecule is CC(=O)C(C)C.CCC(=O)C(C)C.CCCC(=O)C(C)C.CCCCC(=O)C(C)C.CCCCC(=O)C(C)C.CCCCC(=O)C(C)C. The third kappa shape index (κ3) is 53.5. The van der Waals surface area contributed by atoms with E-state index in [9.17, 15) is 28.8 Å². The van der Waals surface area contributed by atoms with Gasteiger partial charge in [-0.3, -0.25) is 28.8 Å². The molecule has 0 unspecified atom stereocenters. The van der Waals surface area contributed by atoms with Gasteiger partial charge in [0.05, 0.1) is 0 Å². The van der Waals surface area contributed by atoms with Crippen LogP contribution in [0, 0.1) is 35.5 Å². The standard InChI is InChI=1S/3C8H16O.C7H14O.C6H12O.C5H10O/c3*1-4-5-6-8(9)7(2)3;1-4-5-7(8)6(2)3;1-4-6(7)5(2)3;1-4(2)5(3)6/h3*7H,4-6H2,1-3H3;6H,4-5H2,1-3H3;5H,4H2,1-3H3;4H,1-3H3. The lowest BCUT2D eigenvalue weighted by molar-refractivity contribution is -0.122. The van der Waals surface area contributed by atoms with E-state index in [-0.39, 0.29) is 41.3 Å². The molecule has 0 aliphatic rings. The van der Waals surface area contributed by atoms with Crippen LogP contribution in [0.1, 0.15) is 202 Å². The largest absolute Gasteiger partial charge is 0.300 e. The maximum Gasteiger partial charge on any atom is 0.135 e. The predicted molar refractivity (Wildman–Crippen MR) is 209 cm³/mol. The minimum absolute atomic E-state index is 0.213. The molecular weight excluding hydrogens is 600 g/mol. The molecule has 0 N–H and O–H groups in total. The van der Waals surface area contributed by atoms with E-state index < -0.39 is 0 Å². The van der Waals surface area contributed by atoms with E-state index >= 15 is 0 Å². The summed E-state index contributed by atoms with van der Waals surface area (Å²) in [6, 6.07) is 0. The van der Waals surface area contributed by atoms with Crippen molar-refractivity contribution in [2.24, 2.45) is 35.5 Å². The van der Waals surface area contributed by atoms with E-state index in [2.05, 4.69) is 20.8 Å². The van der Waals surface area contributed by atoms with Crippen molar-refractivity contribution in [3.63, 3.8) is 0 Å². The zero-order valence-electron chi connectivity index (χ0n) is 35.4. The van der Waals surface area contributed by atoms with E-state index in [1.54, 1.807) is 6.92 Å². The Balaban J connectivity index is -0.000000111. The van der Waals surface area contributed by atoms with Gasteiger partial charge in [-0.05, 0) is 32.6 Å². The van der Waals surface area contributed by atoms with Crippen molar-refractivity contribution in [1.82, 2.24) is 0 Å². The van der Waals surface area contributed by atoms with Crippen LogP contribution in [0.2, 0.25) is 0 Å². The molecular formula is C42H84O6. The second kappa shape index (κ2) is 41.2. The quantitative estimate of drug-likeness (QED) is 0.142. The van der Waals surface area contributed by atoms with Gasteiger partial charge in [-0.25, -0.2) is 0 Å². The van der Waals surface area contributed by atoms with Gasteiger partial charge in [0.2, 0.25) is 0 Å². The molecule has 0 radical (unpaired) electrons. The van der Waals surface area contributed by atoms with Crippen LogP contribution in [-0.2, 0) is 28.8 Å². The summed E-state index contributed by atoms with van der Waals surface area (Å²) in [4.78, 5) is 64.1. The van der Waals surface area contributed by atoms with Gasteiger partial charge in [-0.1, -0.05) is 137 Å². The Morgan fingerprint density at radius 3 is 0.625 bits per heavy atom. The Morgan fingerprint density at radius 1 is 0.333 bits per heavy atom. The number of rotatable bonds is 18. The maximum atomic E-state index is 10.9. The minimum atomic E-state index is 0.213. The molecule has 0 amide bonds. The number of carbonyl (C=O) groups is 6. The lowest BCUT2D eigenvalue weighted by Gasteiger charge is -2.00. The van der Waals surface area contributed by atoms with Crippen LogP contribution in [0.25, 0.3) is 0 Å². The number of Topliss-reactive ketones (excluding diaryl/α,β-unsaturated/α-hetero) is 6. The molecule has 6 heteroatoms. The topological polar surface area (TPSA) is 102 Å². The van der Waals surface area contributed by atoms with Crippen LogP contribution in [0.15, 0.2) is 0 Å². The fraction of sp³-hybridized carbons (Fsp3) is 0.857. The predicted octanol–water partition coefficient (Wildman–Crippen LogP) is 12.1. The number of carbonyl (C=O) groups excluding carboxylic acids is 6. The van der Waals surface area contributed by atoms with Gasteiger partial charge in [0, 0.05) is 67.6 Å². The van der Waals surface area contributed by atoms with Crippen molar-refractivity contribution in [3.05, 3.63) is 0 Å². The lowest BCUT2D eigenvalue weighted by Crippen LogP contribution is -2.05. The summed E-state index contributed by atoms with van der Waals surface area (Å²) in [6.07, 6.45) is 11.3. The minimum Gasteiger partial charge on any atom is -0.300 e. The Labute approximate surface area is 300 Å². The smallest absolute Gasteiger partial charge is 0.135 e. The van der Waals surface area contributed by atoms with E-state index in [4.69, 9.17) is 0 Å². The van der Waals surface area contributed by atoms with Gasteiger partial charge in [0.1, 0.15) is 34.7 Å². The molecule has 0 aromatic heterocycles. The summed E-state index contributed by atoms with van der Waals surface area (Å²) in [7, 11) is 0.